The van der Waals surface area contributed by atoms with Crippen molar-refractivity contribution in [3.63, 3.8) is 0 Å². The molecule has 1 N–H and O–H groups in total. The van der Waals surface area contributed by atoms with Gasteiger partial charge in [0.2, 0.25) is 0 Å². The number of carbonyl (C=O) groups is 1. The number of benzene rings is 2. The van der Waals surface area contributed by atoms with Crippen molar-refractivity contribution < 1.29 is 4.79 Å². The van der Waals surface area contributed by atoms with Crippen molar-refractivity contribution >= 4 is 46.2 Å². The highest BCUT2D eigenvalue weighted by molar-refractivity contribution is 6.36. The maximum Gasteiger partial charge on any atom is 0.326 e. The number of carbonyl (C=O) groups excluding carboxylic acids is 1. The number of amides is 2. The van der Waals surface area contributed by atoms with E-state index in [1.807, 2.05) is 30.5 Å². The van der Waals surface area contributed by atoms with Crippen LogP contribution in [-0.4, -0.2) is 18.1 Å². The number of allylic oxidation sites excluding steroid dienone is 1. The number of aromatic nitrogens is 1. The lowest BCUT2D eigenvalue weighted by molar-refractivity contribution is 0.258. The van der Waals surface area contributed by atoms with Crippen molar-refractivity contribution in [2.24, 2.45) is 0 Å². The van der Waals surface area contributed by atoms with Gasteiger partial charge in [-0.1, -0.05) is 67.2 Å². The van der Waals surface area contributed by atoms with Gasteiger partial charge in [-0.3, -0.25) is 9.88 Å². The molecule has 2 aromatic carbocycles. The Kier molecular flexibility index (Phi) is 8.10. The van der Waals surface area contributed by atoms with E-state index < -0.39 is 0 Å². The number of rotatable bonds is 7. The lowest BCUT2D eigenvalue weighted by atomic mass is 9.97. The summed E-state index contributed by atoms with van der Waals surface area (Å²) >= 11 is 12.1. The van der Waals surface area contributed by atoms with Gasteiger partial charge in [0.05, 0.1) is 10.7 Å². The molecule has 4 nitrogen and oxygen atoms in total. The Morgan fingerprint density at radius 3 is 2.61 bits per heavy atom. The van der Waals surface area contributed by atoms with Crippen molar-refractivity contribution in [1.29, 1.82) is 0 Å². The maximum atomic E-state index is 12.8. The molecule has 0 radical (unpaired) electrons. The van der Waals surface area contributed by atoms with Crippen LogP contribution in [0.1, 0.15) is 37.3 Å². The number of hydrogen-bond donors (Lipinski definition) is 1. The largest absolute Gasteiger partial charge is 0.326 e. The highest BCUT2D eigenvalue weighted by Gasteiger charge is 2.14. The molecule has 31 heavy (non-hydrogen) atoms. The van der Waals surface area contributed by atoms with Crippen LogP contribution in [0, 0.1) is 0 Å². The minimum atomic E-state index is -0.292. The predicted molar refractivity (Wildman–Crippen MR) is 131 cm³/mol. The average Bonchev–Trinajstić information content (AvgIpc) is 2.79. The second kappa shape index (κ2) is 11.0. The van der Waals surface area contributed by atoms with Crippen LogP contribution in [0.25, 0.3) is 5.57 Å². The highest BCUT2D eigenvalue weighted by Crippen LogP contribution is 2.29. The van der Waals surface area contributed by atoms with Gasteiger partial charge in [-0.05, 0) is 54.0 Å². The Morgan fingerprint density at radius 1 is 1.10 bits per heavy atom. The second-order valence-electron chi connectivity index (χ2n) is 7.17. The fraction of sp³-hybridized carbons (Fsp3) is 0.200. The van der Waals surface area contributed by atoms with Crippen molar-refractivity contribution in [3.05, 3.63) is 94.2 Å². The van der Waals surface area contributed by atoms with Crippen LogP contribution < -0.4 is 10.2 Å². The van der Waals surface area contributed by atoms with E-state index in [0.717, 1.165) is 41.6 Å². The van der Waals surface area contributed by atoms with Gasteiger partial charge in [0.15, 0.2) is 0 Å². The highest BCUT2D eigenvalue weighted by atomic mass is 35.5. The fourth-order valence-corrected chi connectivity index (χ4v) is 3.62. The van der Waals surface area contributed by atoms with Gasteiger partial charge in [0, 0.05) is 35.7 Å². The van der Waals surface area contributed by atoms with E-state index in [0.29, 0.717) is 15.7 Å². The number of anilines is 2. The summed E-state index contributed by atoms with van der Waals surface area (Å²) in [6.45, 7) is 2.18. The zero-order valence-electron chi connectivity index (χ0n) is 17.6. The quantitative estimate of drug-likeness (QED) is 0.372. The van der Waals surface area contributed by atoms with Crippen molar-refractivity contribution in [2.45, 2.75) is 26.2 Å². The van der Waals surface area contributed by atoms with Crippen molar-refractivity contribution in [1.82, 2.24) is 4.98 Å². The molecule has 3 aromatic rings. The topological polar surface area (TPSA) is 45.2 Å². The first-order chi connectivity index (χ1) is 15.0. The number of pyridine rings is 1. The van der Waals surface area contributed by atoms with Crippen LogP contribution in [0.4, 0.5) is 16.2 Å². The summed E-state index contributed by atoms with van der Waals surface area (Å²) in [6, 6.07) is 16.6. The molecule has 2 amide bonds. The second-order valence-corrected chi connectivity index (χ2v) is 8.01. The van der Waals surface area contributed by atoms with E-state index in [4.69, 9.17) is 23.2 Å². The molecule has 0 saturated heterocycles. The van der Waals surface area contributed by atoms with Crippen LogP contribution in [0.5, 0.6) is 0 Å². The number of unbranched alkanes of at least 4 members (excludes halogenated alkanes) is 2. The molecule has 0 unspecified atom stereocenters. The maximum absolute atomic E-state index is 12.8. The molecule has 0 saturated carbocycles. The fourth-order valence-electron chi connectivity index (χ4n) is 3.16. The van der Waals surface area contributed by atoms with Gasteiger partial charge in [-0.25, -0.2) is 4.79 Å². The number of hydrogen-bond acceptors (Lipinski definition) is 2. The van der Waals surface area contributed by atoms with E-state index in [1.54, 1.807) is 36.3 Å². The van der Waals surface area contributed by atoms with Crippen LogP contribution in [0.2, 0.25) is 10.0 Å². The van der Waals surface area contributed by atoms with Crippen LogP contribution in [0.15, 0.2) is 73.1 Å². The summed E-state index contributed by atoms with van der Waals surface area (Å²) in [6.07, 6.45) is 9.11. The van der Waals surface area contributed by atoms with Gasteiger partial charge in [0.1, 0.15) is 0 Å². The molecule has 0 aliphatic rings. The summed E-state index contributed by atoms with van der Waals surface area (Å²) in [5.41, 5.74) is 4.47. The average molecular weight is 454 g/mol. The Bertz CT molecular complexity index is 1070. The molecule has 3 rings (SSSR count). The first kappa shape index (κ1) is 22.9. The Balaban J connectivity index is 1.86. The van der Waals surface area contributed by atoms with Crippen molar-refractivity contribution in [3.8, 4) is 0 Å². The normalized spacial score (nSPS) is 11.3. The van der Waals surface area contributed by atoms with E-state index in [9.17, 15) is 4.79 Å². The van der Waals surface area contributed by atoms with E-state index in [2.05, 4.69) is 35.4 Å². The minimum absolute atomic E-state index is 0.292. The number of nitrogens with one attached hydrogen (secondary N) is 1. The third-order valence-electron chi connectivity index (χ3n) is 4.90. The Labute approximate surface area is 193 Å². The third kappa shape index (κ3) is 6.09. The molecule has 0 fully saturated rings. The first-order valence-corrected chi connectivity index (χ1v) is 11.0. The van der Waals surface area contributed by atoms with Gasteiger partial charge in [0.25, 0.3) is 0 Å². The van der Waals surface area contributed by atoms with Crippen LogP contribution in [-0.2, 0) is 0 Å². The molecule has 1 aromatic heterocycles. The summed E-state index contributed by atoms with van der Waals surface area (Å²) < 4.78 is 0. The standard InChI is InChI=1S/C25H25Cl2N3O/c1-3-4-5-11-22(19-9-7-14-28-17-19)18-8-6-10-21(15-18)30(2)25(31)29-24-13-12-20(26)16-23(24)27/h6-17H,3-5H2,1-2H3,(H,29,31). The summed E-state index contributed by atoms with van der Waals surface area (Å²) in [5.74, 6) is 0. The van der Waals surface area contributed by atoms with Crippen LogP contribution >= 0.6 is 23.2 Å². The van der Waals surface area contributed by atoms with E-state index in [1.165, 1.54) is 0 Å². The Hall–Kier alpha value is -2.82. The SMILES string of the molecule is CCCCC=C(c1cccnc1)c1cccc(N(C)C(=O)Nc2ccc(Cl)cc2Cl)c1. The zero-order valence-corrected chi connectivity index (χ0v) is 19.1. The smallest absolute Gasteiger partial charge is 0.306 e. The van der Waals surface area contributed by atoms with Gasteiger partial charge >= 0.3 is 6.03 Å². The molecule has 0 spiro atoms. The third-order valence-corrected chi connectivity index (χ3v) is 5.45. The van der Waals surface area contributed by atoms with Gasteiger partial charge < -0.3 is 5.32 Å². The van der Waals surface area contributed by atoms with Crippen molar-refractivity contribution in [2.75, 3.05) is 17.3 Å². The molecule has 0 atom stereocenters. The molecule has 0 aliphatic carbocycles. The molecule has 0 aliphatic heterocycles. The summed E-state index contributed by atoms with van der Waals surface area (Å²) in [7, 11) is 1.73. The van der Waals surface area contributed by atoms with Gasteiger partial charge in [-0.15, -0.1) is 0 Å². The van der Waals surface area contributed by atoms with E-state index in [-0.39, 0.29) is 6.03 Å². The monoisotopic (exact) mass is 453 g/mol. The lowest BCUT2D eigenvalue weighted by Gasteiger charge is -2.20. The van der Waals surface area contributed by atoms with Crippen LogP contribution in [0.3, 0.4) is 0 Å². The Morgan fingerprint density at radius 2 is 1.90 bits per heavy atom. The molecule has 160 valence electrons. The number of urea groups is 1. The minimum Gasteiger partial charge on any atom is -0.306 e. The number of nitrogens with zero attached hydrogens (tertiary/aromatic N) is 2. The zero-order chi connectivity index (χ0) is 22.2. The molecular weight excluding hydrogens is 429 g/mol. The first-order valence-electron chi connectivity index (χ1n) is 10.2. The molecule has 1 heterocycles. The molecule has 0 bridgehead atoms. The van der Waals surface area contributed by atoms with E-state index >= 15 is 0 Å². The summed E-state index contributed by atoms with van der Waals surface area (Å²) in [5, 5.41) is 3.73. The molecular formula is C25H25Cl2N3O. The lowest BCUT2D eigenvalue weighted by Crippen LogP contribution is -2.31. The molecule has 6 heteroatoms. The van der Waals surface area contributed by atoms with Gasteiger partial charge in [-0.2, -0.15) is 0 Å². The number of halogens is 2. The summed E-state index contributed by atoms with van der Waals surface area (Å²) in [4.78, 5) is 18.6. The predicted octanol–water partition coefficient (Wildman–Crippen LogP) is 7.68.